The molecule has 2 rings (SSSR count). The van der Waals surface area contributed by atoms with Crippen molar-refractivity contribution in [2.24, 2.45) is 0 Å². The molecular formula is C15H15NOS. The van der Waals surface area contributed by atoms with Gasteiger partial charge in [0.1, 0.15) is 0 Å². The third-order valence-corrected chi connectivity index (χ3v) is 3.38. The summed E-state index contributed by atoms with van der Waals surface area (Å²) in [5, 5.41) is 2.86. The van der Waals surface area contributed by atoms with Crippen molar-refractivity contribution in [3.05, 3.63) is 48.5 Å². The van der Waals surface area contributed by atoms with Gasteiger partial charge in [0, 0.05) is 23.1 Å². The van der Waals surface area contributed by atoms with Gasteiger partial charge in [-0.25, -0.2) is 0 Å². The summed E-state index contributed by atoms with van der Waals surface area (Å²) < 4.78 is 0. The summed E-state index contributed by atoms with van der Waals surface area (Å²) in [5.41, 5.74) is 3.00. The van der Waals surface area contributed by atoms with Crippen molar-refractivity contribution >= 4 is 23.4 Å². The quantitative estimate of drug-likeness (QED) is 0.841. The molecule has 0 spiro atoms. The molecule has 3 heteroatoms. The minimum Gasteiger partial charge on any atom is -0.326 e. The summed E-state index contributed by atoms with van der Waals surface area (Å²) in [4.78, 5) is 12.4. The molecule has 0 unspecified atom stereocenters. The van der Waals surface area contributed by atoms with E-state index >= 15 is 0 Å². The minimum atomic E-state index is -0.0526. The maximum absolute atomic E-state index is 11.2. The van der Waals surface area contributed by atoms with E-state index < -0.39 is 0 Å². The van der Waals surface area contributed by atoms with Gasteiger partial charge in [0.05, 0.1) is 0 Å². The van der Waals surface area contributed by atoms with Crippen molar-refractivity contribution in [3.63, 3.8) is 0 Å². The first-order valence-corrected chi connectivity index (χ1v) is 6.94. The van der Waals surface area contributed by atoms with Crippen molar-refractivity contribution in [1.29, 1.82) is 0 Å². The van der Waals surface area contributed by atoms with Crippen LogP contribution in [-0.4, -0.2) is 12.2 Å². The first-order valence-electron chi connectivity index (χ1n) is 5.72. The second-order valence-corrected chi connectivity index (χ2v) is 4.83. The van der Waals surface area contributed by atoms with Gasteiger partial charge in [-0.2, -0.15) is 0 Å². The predicted molar refractivity (Wildman–Crippen MR) is 78.0 cm³/mol. The Bertz CT molecular complexity index is 549. The zero-order valence-corrected chi connectivity index (χ0v) is 11.3. The minimum absolute atomic E-state index is 0.0526. The van der Waals surface area contributed by atoms with Gasteiger partial charge in [-0.1, -0.05) is 30.3 Å². The van der Waals surface area contributed by atoms with Gasteiger partial charge in [-0.3, -0.25) is 4.79 Å². The number of hydrogen-bond donors (Lipinski definition) is 1. The van der Waals surface area contributed by atoms with Crippen molar-refractivity contribution in [2.45, 2.75) is 11.8 Å². The SMILES string of the molecule is CSc1ccc(-c2ccccc2NC(C)=O)cc1. The lowest BCUT2D eigenvalue weighted by Gasteiger charge is -2.10. The number of nitrogens with one attached hydrogen (secondary N) is 1. The molecule has 0 heterocycles. The fraction of sp³-hybridized carbons (Fsp3) is 0.133. The molecule has 2 aromatic rings. The van der Waals surface area contributed by atoms with Gasteiger partial charge in [0.15, 0.2) is 0 Å². The van der Waals surface area contributed by atoms with Crippen LogP contribution in [0.5, 0.6) is 0 Å². The van der Waals surface area contributed by atoms with Gasteiger partial charge in [0.2, 0.25) is 5.91 Å². The number of para-hydroxylation sites is 1. The molecule has 0 bridgehead atoms. The number of benzene rings is 2. The molecule has 0 aliphatic heterocycles. The Labute approximate surface area is 111 Å². The summed E-state index contributed by atoms with van der Waals surface area (Å²) >= 11 is 1.72. The highest BCUT2D eigenvalue weighted by molar-refractivity contribution is 7.98. The molecule has 0 radical (unpaired) electrons. The van der Waals surface area contributed by atoms with Crippen LogP contribution >= 0.6 is 11.8 Å². The highest BCUT2D eigenvalue weighted by Gasteiger charge is 2.05. The van der Waals surface area contributed by atoms with E-state index in [4.69, 9.17) is 0 Å². The van der Waals surface area contributed by atoms with Crippen LogP contribution in [0.3, 0.4) is 0 Å². The molecule has 2 nitrogen and oxygen atoms in total. The van der Waals surface area contributed by atoms with E-state index in [0.717, 1.165) is 16.8 Å². The van der Waals surface area contributed by atoms with Crippen LogP contribution in [0, 0.1) is 0 Å². The Hall–Kier alpha value is -1.74. The molecule has 1 N–H and O–H groups in total. The van der Waals surface area contributed by atoms with Crippen LogP contribution in [0.15, 0.2) is 53.4 Å². The third kappa shape index (κ3) is 2.93. The molecule has 2 aromatic carbocycles. The highest BCUT2D eigenvalue weighted by Crippen LogP contribution is 2.29. The molecule has 92 valence electrons. The second kappa shape index (κ2) is 5.74. The topological polar surface area (TPSA) is 29.1 Å². The molecule has 0 saturated heterocycles. The Morgan fingerprint density at radius 1 is 1.06 bits per heavy atom. The standard InChI is InChI=1S/C15H15NOS/c1-11(17)16-15-6-4-3-5-14(15)12-7-9-13(18-2)10-8-12/h3-10H,1-2H3,(H,16,17). The fourth-order valence-electron chi connectivity index (χ4n) is 1.80. The lowest BCUT2D eigenvalue weighted by molar-refractivity contribution is -0.114. The zero-order chi connectivity index (χ0) is 13.0. The Morgan fingerprint density at radius 3 is 2.33 bits per heavy atom. The third-order valence-electron chi connectivity index (χ3n) is 2.64. The summed E-state index contributed by atoms with van der Waals surface area (Å²) in [7, 11) is 0. The number of hydrogen-bond acceptors (Lipinski definition) is 2. The van der Waals surface area contributed by atoms with E-state index in [1.165, 1.54) is 11.8 Å². The van der Waals surface area contributed by atoms with Crippen LogP contribution < -0.4 is 5.32 Å². The van der Waals surface area contributed by atoms with E-state index in [1.54, 1.807) is 11.8 Å². The summed E-state index contributed by atoms with van der Waals surface area (Å²) in [6, 6.07) is 16.2. The van der Waals surface area contributed by atoms with Crippen molar-refractivity contribution in [2.75, 3.05) is 11.6 Å². The average molecular weight is 257 g/mol. The molecule has 0 atom stereocenters. The maximum atomic E-state index is 11.2. The fourth-order valence-corrected chi connectivity index (χ4v) is 2.21. The van der Waals surface area contributed by atoms with Crippen molar-refractivity contribution in [3.8, 4) is 11.1 Å². The first kappa shape index (κ1) is 12.7. The monoisotopic (exact) mass is 257 g/mol. The molecule has 0 aliphatic rings. The van der Waals surface area contributed by atoms with E-state index in [9.17, 15) is 4.79 Å². The predicted octanol–water partition coefficient (Wildman–Crippen LogP) is 4.03. The van der Waals surface area contributed by atoms with E-state index in [2.05, 4.69) is 35.8 Å². The van der Waals surface area contributed by atoms with E-state index in [-0.39, 0.29) is 5.91 Å². The molecule has 0 aliphatic carbocycles. The summed E-state index contributed by atoms with van der Waals surface area (Å²) in [6.45, 7) is 1.52. The normalized spacial score (nSPS) is 10.1. The Balaban J connectivity index is 2.39. The molecule has 0 saturated carbocycles. The smallest absolute Gasteiger partial charge is 0.221 e. The van der Waals surface area contributed by atoms with Crippen LogP contribution in [0.25, 0.3) is 11.1 Å². The lowest BCUT2D eigenvalue weighted by atomic mass is 10.0. The van der Waals surface area contributed by atoms with E-state index in [0.29, 0.717) is 0 Å². The molecular weight excluding hydrogens is 242 g/mol. The number of rotatable bonds is 3. The Morgan fingerprint density at radius 2 is 1.72 bits per heavy atom. The average Bonchev–Trinajstić information content (AvgIpc) is 2.39. The number of thioether (sulfide) groups is 1. The second-order valence-electron chi connectivity index (χ2n) is 3.96. The molecule has 0 fully saturated rings. The van der Waals surface area contributed by atoms with Crippen molar-refractivity contribution < 1.29 is 4.79 Å². The van der Waals surface area contributed by atoms with Crippen molar-refractivity contribution in [1.82, 2.24) is 0 Å². The van der Waals surface area contributed by atoms with Gasteiger partial charge in [-0.15, -0.1) is 11.8 Å². The van der Waals surface area contributed by atoms with Gasteiger partial charge in [-0.05, 0) is 30.0 Å². The van der Waals surface area contributed by atoms with Gasteiger partial charge < -0.3 is 5.32 Å². The van der Waals surface area contributed by atoms with Crippen LogP contribution in [0.1, 0.15) is 6.92 Å². The zero-order valence-electron chi connectivity index (χ0n) is 10.4. The van der Waals surface area contributed by atoms with Crippen LogP contribution in [0.4, 0.5) is 5.69 Å². The summed E-state index contributed by atoms with van der Waals surface area (Å²) in [5.74, 6) is -0.0526. The van der Waals surface area contributed by atoms with Crippen LogP contribution in [-0.2, 0) is 4.79 Å². The first-order chi connectivity index (χ1) is 8.70. The lowest BCUT2D eigenvalue weighted by Crippen LogP contribution is -2.06. The largest absolute Gasteiger partial charge is 0.326 e. The molecule has 18 heavy (non-hydrogen) atoms. The highest BCUT2D eigenvalue weighted by atomic mass is 32.2. The van der Waals surface area contributed by atoms with Gasteiger partial charge in [0.25, 0.3) is 0 Å². The number of carbonyl (C=O) groups is 1. The van der Waals surface area contributed by atoms with E-state index in [1.807, 2.05) is 24.3 Å². The molecule has 1 amide bonds. The number of carbonyl (C=O) groups excluding carboxylic acids is 1. The molecule has 0 aromatic heterocycles. The Kier molecular flexibility index (Phi) is 4.05. The number of anilines is 1. The summed E-state index contributed by atoms with van der Waals surface area (Å²) in [6.07, 6.45) is 2.06. The maximum Gasteiger partial charge on any atom is 0.221 e. The number of amides is 1. The van der Waals surface area contributed by atoms with Gasteiger partial charge >= 0.3 is 0 Å². The van der Waals surface area contributed by atoms with Crippen LogP contribution in [0.2, 0.25) is 0 Å².